The van der Waals surface area contributed by atoms with Gasteiger partial charge in [0.2, 0.25) is 0 Å². The molecule has 4 nitrogen and oxygen atoms in total. The second-order valence-corrected chi connectivity index (χ2v) is 5.85. The van der Waals surface area contributed by atoms with E-state index in [1.165, 1.54) is 12.8 Å². The van der Waals surface area contributed by atoms with E-state index in [-0.39, 0.29) is 12.1 Å². The van der Waals surface area contributed by atoms with Crippen LogP contribution in [-0.2, 0) is 4.74 Å². The molecule has 0 saturated heterocycles. The quantitative estimate of drug-likeness (QED) is 0.863. The fraction of sp³-hybridized carbons (Fsp3) is 0.588. The third kappa shape index (κ3) is 2.99. The maximum atomic E-state index is 12.5. The van der Waals surface area contributed by atoms with Gasteiger partial charge in [-0.05, 0) is 43.7 Å². The Morgan fingerprint density at radius 1 is 1.38 bits per heavy atom. The number of carbonyl (C=O) groups is 1. The highest BCUT2D eigenvalue weighted by Crippen LogP contribution is 2.34. The zero-order valence-corrected chi connectivity index (χ0v) is 12.6. The third-order valence-electron chi connectivity index (χ3n) is 4.52. The van der Waals surface area contributed by atoms with Gasteiger partial charge in [-0.1, -0.05) is 19.4 Å². The van der Waals surface area contributed by atoms with Crippen LogP contribution in [0.4, 0.5) is 5.69 Å². The summed E-state index contributed by atoms with van der Waals surface area (Å²) in [4.78, 5) is 12.5. The van der Waals surface area contributed by atoms with Crippen LogP contribution in [0.2, 0.25) is 0 Å². The van der Waals surface area contributed by atoms with Gasteiger partial charge in [-0.2, -0.15) is 0 Å². The minimum absolute atomic E-state index is 0.0589. The number of rotatable bonds is 3. The van der Waals surface area contributed by atoms with Gasteiger partial charge in [0.1, 0.15) is 18.3 Å². The van der Waals surface area contributed by atoms with Crippen LogP contribution in [0, 0.1) is 5.92 Å². The van der Waals surface area contributed by atoms with Crippen LogP contribution in [0.1, 0.15) is 49.4 Å². The minimum atomic E-state index is -0.249. The number of esters is 1. The van der Waals surface area contributed by atoms with E-state index < -0.39 is 0 Å². The molecule has 0 spiro atoms. The Labute approximate surface area is 125 Å². The largest absolute Gasteiger partial charge is 0.489 e. The van der Waals surface area contributed by atoms with Crippen molar-refractivity contribution in [3.05, 3.63) is 23.8 Å². The second-order valence-electron chi connectivity index (χ2n) is 5.85. The van der Waals surface area contributed by atoms with Gasteiger partial charge in [-0.15, -0.1) is 0 Å². The van der Waals surface area contributed by atoms with Crippen molar-refractivity contribution in [1.29, 1.82) is 0 Å². The first-order chi connectivity index (χ1) is 10.3. The molecule has 0 radical (unpaired) electrons. The molecule has 0 amide bonds. The zero-order chi connectivity index (χ0) is 14.7. The molecule has 1 aromatic carbocycles. The van der Waals surface area contributed by atoms with Gasteiger partial charge in [0.05, 0.1) is 5.69 Å². The van der Waals surface area contributed by atoms with E-state index in [0.29, 0.717) is 23.8 Å². The van der Waals surface area contributed by atoms with E-state index in [1.807, 2.05) is 12.1 Å². The molecule has 1 saturated carbocycles. The maximum Gasteiger partial charge on any atom is 0.342 e. The van der Waals surface area contributed by atoms with Gasteiger partial charge < -0.3 is 14.8 Å². The molecule has 3 rings (SSSR count). The molecule has 1 aliphatic heterocycles. The van der Waals surface area contributed by atoms with Gasteiger partial charge in [0, 0.05) is 6.54 Å². The number of hydrogen-bond donors (Lipinski definition) is 1. The molecule has 2 atom stereocenters. The summed E-state index contributed by atoms with van der Waals surface area (Å²) < 4.78 is 11.5. The summed E-state index contributed by atoms with van der Waals surface area (Å²) in [5.74, 6) is 0.889. The van der Waals surface area contributed by atoms with E-state index in [1.54, 1.807) is 6.07 Å². The van der Waals surface area contributed by atoms with E-state index >= 15 is 0 Å². The van der Waals surface area contributed by atoms with Crippen molar-refractivity contribution >= 4 is 11.7 Å². The summed E-state index contributed by atoms with van der Waals surface area (Å²) in [5, 5.41) is 3.25. The lowest BCUT2D eigenvalue weighted by Crippen LogP contribution is -2.30. The monoisotopic (exact) mass is 289 g/mol. The Morgan fingerprint density at radius 3 is 3.10 bits per heavy atom. The minimum Gasteiger partial charge on any atom is -0.489 e. The molecule has 2 aliphatic rings. The molecule has 1 heterocycles. The first kappa shape index (κ1) is 14.2. The van der Waals surface area contributed by atoms with Crippen LogP contribution in [-0.4, -0.2) is 25.2 Å². The van der Waals surface area contributed by atoms with Crippen LogP contribution in [0.25, 0.3) is 0 Å². The van der Waals surface area contributed by atoms with Crippen molar-refractivity contribution in [1.82, 2.24) is 0 Å². The fourth-order valence-electron chi connectivity index (χ4n) is 3.33. The Morgan fingerprint density at radius 2 is 2.24 bits per heavy atom. The van der Waals surface area contributed by atoms with Crippen LogP contribution in [0.15, 0.2) is 18.2 Å². The van der Waals surface area contributed by atoms with E-state index in [9.17, 15) is 4.79 Å². The number of hydrogen-bond acceptors (Lipinski definition) is 4. The fourth-order valence-corrected chi connectivity index (χ4v) is 3.33. The zero-order valence-electron chi connectivity index (χ0n) is 12.6. The van der Waals surface area contributed by atoms with Gasteiger partial charge >= 0.3 is 5.97 Å². The molecule has 4 heteroatoms. The smallest absolute Gasteiger partial charge is 0.342 e. The summed E-state index contributed by atoms with van der Waals surface area (Å²) in [7, 11) is 0. The summed E-state index contributed by atoms with van der Waals surface area (Å²) in [6, 6.07) is 5.59. The Bertz CT molecular complexity index is 515. The maximum absolute atomic E-state index is 12.5. The van der Waals surface area contributed by atoms with Crippen molar-refractivity contribution in [2.45, 2.75) is 45.1 Å². The lowest BCUT2D eigenvalue weighted by atomic mass is 9.85. The molecular weight excluding hydrogens is 266 g/mol. The molecule has 0 aromatic heterocycles. The normalized spacial score (nSPS) is 24.4. The summed E-state index contributed by atoms with van der Waals surface area (Å²) in [6.07, 6.45) is 5.68. The standard InChI is InChI=1S/C17H23NO3/c1-2-12-6-3-4-9-15(12)21-17(19)13-7-5-8-14-16(13)20-11-10-18-14/h5,7-8,12,15,18H,2-4,6,9-11H2,1H3. The molecule has 1 aromatic rings. The highest BCUT2D eigenvalue weighted by Gasteiger charge is 2.29. The number of ether oxygens (including phenoxy) is 2. The lowest BCUT2D eigenvalue weighted by molar-refractivity contribution is 0.000377. The van der Waals surface area contributed by atoms with Crippen LogP contribution in [0.3, 0.4) is 0 Å². The number of para-hydroxylation sites is 1. The Balaban J connectivity index is 1.76. The van der Waals surface area contributed by atoms with Crippen LogP contribution in [0.5, 0.6) is 5.75 Å². The Hall–Kier alpha value is -1.71. The molecule has 2 unspecified atom stereocenters. The van der Waals surface area contributed by atoms with Gasteiger partial charge in [0.15, 0.2) is 5.75 Å². The topological polar surface area (TPSA) is 47.6 Å². The number of fused-ring (bicyclic) bond motifs is 1. The van der Waals surface area contributed by atoms with Crippen molar-refractivity contribution in [2.75, 3.05) is 18.5 Å². The summed E-state index contributed by atoms with van der Waals surface area (Å²) >= 11 is 0. The molecule has 1 N–H and O–H groups in total. The van der Waals surface area contributed by atoms with Gasteiger partial charge in [-0.3, -0.25) is 0 Å². The molecular formula is C17H23NO3. The van der Waals surface area contributed by atoms with Crippen LogP contribution < -0.4 is 10.1 Å². The van der Waals surface area contributed by atoms with E-state index in [0.717, 1.165) is 31.5 Å². The third-order valence-corrected chi connectivity index (χ3v) is 4.52. The first-order valence-electron chi connectivity index (χ1n) is 8.00. The highest BCUT2D eigenvalue weighted by molar-refractivity contribution is 5.95. The SMILES string of the molecule is CCC1CCCCC1OC(=O)c1cccc2c1OCCN2. The molecule has 0 bridgehead atoms. The predicted molar refractivity (Wildman–Crippen MR) is 81.9 cm³/mol. The first-order valence-corrected chi connectivity index (χ1v) is 8.00. The Kier molecular flexibility index (Phi) is 4.32. The number of benzene rings is 1. The van der Waals surface area contributed by atoms with E-state index in [4.69, 9.17) is 9.47 Å². The molecule has 114 valence electrons. The average Bonchev–Trinajstić information content (AvgIpc) is 2.54. The number of carbonyl (C=O) groups excluding carboxylic acids is 1. The van der Waals surface area contributed by atoms with Crippen molar-refractivity contribution in [2.24, 2.45) is 5.92 Å². The summed E-state index contributed by atoms with van der Waals surface area (Å²) in [5.41, 5.74) is 1.42. The predicted octanol–water partition coefficient (Wildman–Crippen LogP) is 3.62. The molecule has 1 fully saturated rings. The summed E-state index contributed by atoms with van der Waals surface area (Å²) in [6.45, 7) is 3.53. The molecule has 1 aliphatic carbocycles. The van der Waals surface area contributed by atoms with E-state index in [2.05, 4.69) is 12.2 Å². The second kappa shape index (κ2) is 6.37. The van der Waals surface area contributed by atoms with Crippen molar-refractivity contribution in [3.63, 3.8) is 0 Å². The lowest BCUT2D eigenvalue weighted by Gasteiger charge is -2.30. The van der Waals surface area contributed by atoms with Crippen molar-refractivity contribution in [3.8, 4) is 5.75 Å². The number of nitrogens with one attached hydrogen (secondary N) is 1. The highest BCUT2D eigenvalue weighted by atomic mass is 16.5. The molecule has 21 heavy (non-hydrogen) atoms. The number of anilines is 1. The van der Waals surface area contributed by atoms with Gasteiger partial charge in [0.25, 0.3) is 0 Å². The van der Waals surface area contributed by atoms with Gasteiger partial charge in [-0.25, -0.2) is 4.79 Å². The van der Waals surface area contributed by atoms with Crippen molar-refractivity contribution < 1.29 is 14.3 Å². The van der Waals surface area contributed by atoms with Crippen LogP contribution >= 0.6 is 0 Å². The average molecular weight is 289 g/mol.